The highest BCUT2D eigenvalue weighted by Crippen LogP contribution is 2.22. The van der Waals surface area contributed by atoms with Gasteiger partial charge in [0.1, 0.15) is 5.75 Å². The van der Waals surface area contributed by atoms with Crippen molar-refractivity contribution in [3.05, 3.63) is 65.2 Å². The van der Waals surface area contributed by atoms with Gasteiger partial charge >= 0.3 is 0 Å². The molecule has 2 rings (SSSR count). The van der Waals surface area contributed by atoms with Crippen LogP contribution in [0, 0.1) is 6.92 Å². The first-order chi connectivity index (χ1) is 9.08. The van der Waals surface area contributed by atoms with Gasteiger partial charge in [-0.2, -0.15) is 0 Å². The number of aryl methyl sites for hydroxylation is 1. The van der Waals surface area contributed by atoms with Gasteiger partial charge in [-0.15, -0.1) is 0 Å². The Balaban J connectivity index is 2.08. The zero-order valence-corrected chi connectivity index (χ0v) is 11.7. The minimum Gasteiger partial charge on any atom is -0.508 e. The molecule has 2 atom stereocenters. The van der Waals surface area contributed by atoms with Crippen molar-refractivity contribution in [1.29, 1.82) is 0 Å². The Bertz CT molecular complexity index is 533. The maximum Gasteiger partial charge on any atom is 0.115 e. The van der Waals surface area contributed by atoms with Crippen molar-refractivity contribution in [1.82, 2.24) is 5.32 Å². The first-order valence-electron chi connectivity index (χ1n) is 6.68. The number of aromatic hydroxyl groups is 1. The summed E-state index contributed by atoms with van der Waals surface area (Å²) in [5, 5.41) is 12.9. The molecule has 2 N–H and O–H groups in total. The second-order valence-electron chi connectivity index (χ2n) is 5.06. The van der Waals surface area contributed by atoms with Crippen LogP contribution in [0.2, 0.25) is 0 Å². The lowest BCUT2D eigenvalue weighted by atomic mass is 10.0. The maximum absolute atomic E-state index is 9.31. The summed E-state index contributed by atoms with van der Waals surface area (Å²) in [5.41, 5.74) is 3.81. The lowest BCUT2D eigenvalue weighted by Gasteiger charge is -2.22. The predicted molar refractivity (Wildman–Crippen MR) is 79.3 cm³/mol. The minimum atomic E-state index is 0.246. The van der Waals surface area contributed by atoms with Crippen molar-refractivity contribution in [3.63, 3.8) is 0 Å². The Kier molecular flexibility index (Phi) is 4.23. The van der Waals surface area contributed by atoms with E-state index in [2.05, 4.69) is 50.4 Å². The van der Waals surface area contributed by atoms with Crippen LogP contribution in [0.5, 0.6) is 5.75 Å². The van der Waals surface area contributed by atoms with Gasteiger partial charge in [-0.1, -0.05) is 36.4 Å². The average molecular weight is 255 g/mol. The Labute approximate surface area is 115 Å². The van der Waals surface area contributed by atoms with E-state index in [1.54, 1.807) is 12.1 Å². The normalized spacial score (nSPS) is 14.1. The summed E-state index contributed by atoms with van der Waals surface area (Å²) >= 11 is 0. The van der Waals surface area contributed by atoms with Gasteiger partial charge in [0, 0.05) is 12.1 Å². The molecule has 0 fully saturated rings. The van der Waals surface area contributed by atoms with Crippen molar-refractivity contribution in [2.24, 2.45) is 0 Å². The van der Waals surface area contributed by atoms with E-state index >= 15 is 0 Å². The molecule has 0 bridgehead atoms. The summed E-state index contributed by atoms with van der Waals surface area (Å²) in [6, 6.07) is 16.4. The average Bonchev–Trinajstić information content (AvgIpc) is 2.39. The summed E-state index contributed by atoms with van der Waals surface area (Å²) in [6.07, 6.45) is 0. The molecule has 0 saturated heterocycles. The molecule has 0 heterocycles. The number of phenolic OH excluding ortho intramolecular Hbond substituents is 1. The molecule has 0 radical (unpaired) electrons. The third-order valence-electron chi connectivity index (χ3n) is 3.55. The highest BCUT2D eigenvalue weighted by molar-refractivity contribution is 5.30. The van der Waals surface area contributed by atoms with Crippen LogP contribution in [0.3, 0.4) is 0 Å². The van der Waals surface area contributed by atoms with E-state index in [4.69, 9.17) is 0 Å². The van der Waals surface area contributed by atoms with Crippen LogP contribution in [0.25, 0.3) is 0 Å². The van der Waals surface area contributed by atoms with Gasteiger partial charge in [-0.05, 0) is 49.6 Å². The third kappa shape index (κ3) is 3.36. The summed E-state index contributed by atoms with van der Waals surface area (Å²) in [4.78, 5) is 0. The van der Waals surface area contributed by atoms with Gasteiger partial charge in [0.25, 0.3) is 0 Å². The number of hydrogen-bond donors (Lipinski definition) is 2. The standard InChI is InChI=1S/C17H21NO/c1-12-6-4-5-7-17(12)14(3)18-13(2)15-8-10-16(19)11-9-15/h4-11,13-14,18-19H,1-3H3/t13?,14-/m0/s1. The number of nitrogens with one attached hydrogen (secondary N) is 1. The molecular weight excluding hydrogens is 234 g/mol. The van der Waals surface area contributed by atoms with Gasteiger partial charge in [0.15, 0.2) is 0 Å². The van der Waals surface area contributed by atoms with Crippen molar-refractivity contribution in [2.75, 3.05) is 0 Å². The van der Waals surface area contributed by atoms with Crippen LogP contribution < -0.4 is 5.32 Å². The van der Waals surface area contributed by atoms with Gasteiger partial charge in [-0.3, -0.25) is 0 Å². The zero-order valence-electron chi connectivity index (χ0n) is 11.7. The summed E-state index contributed by atoms with van der Waals surface area (Å²) < 4.78 is 0. The van der Waals surface area contributed by atoms with E-state index in [9.17, 15) is 5.11 Å². The summed E-state index contributed by atoms with van der Waals surface area (Å²) in [5.74, 6) is 0.308. The second kappa shape index (κ2) is 5.89. The third-order valence-corrected chi connectivity index (χ3v) is 3.55. The van der Waals surface area contributed by atoms with Gasteiger partial charge < -0.3 is 10.4 Å². The van der Waals surface area contributed by atoms with Crippen LogP contribution in [0.15, 0.2) is 48.5 Å². The minimum absolute atomic E-state index is 0.246. The Morgan fingerprint density at radius 2 is 1.53 bits per heavy atom. The second-order valence-corrected chi connectivity index (χ2v) is 5.06. The molecule has 19 heavy (non-hydrogen) atoms. The number of rotatable bonds is 4. The molecular formula is C17H21NO. The predicted octanol–water partition coefficient (Wildman–Crippen LogP) is 4.11. The van der Waals surface area contributed by atoms with E-state index in [1.165, 1.54) is 16.7 Å². The molecule has 2 aromatic carbocycles. The van der Waals surface area contributed by atoms with Crippen LogP contribution in [0.1, 0.15) is 42.6 Å². The lowest BCUT2D eigenvalue weighted by Crippen LogP contribution is -2.23. The number of benzene rings is 2. The quantitative estimate of drug-likeness (QED) is 0.861. The highest BCUT2D eigenvalue weighted by Gasteiger charge is 2.12. The van der Waals surface area contributed by atoms with Gasteiger partial charge in [0.05, 0.1) is 0 Å². The molecule has 2 heteroatoms. The monoisotopic (exact) mass is 255 g/mol. The molecule has 100 valence electrons. The molecule has 0 aliphatic heterocycles. The van der Waals surface area contributed by atoms with Crippen molar-refractivity contribution < 1.29 is 5.11 Å². The topological polar surface area (TPSA) is 32.3 Å². The zero-order chi connectivity index (χ0) is 13.8. The van der Waals surface area contributed by atoms with Crippen molar-refractivity contribution in [3.8, 4) is 5.75 Å². The Morgan fingerprint density at radius 1 is 0.895 bits per heavy atom. The number of hydrogen-bond acceptors (Lipinski definition) is 2. The molecule has 0 aliphatic rings. The Morgan fingerprint density at radius 3 is 2.16 bits per heavy atom. The van der Waals surface area contributed by atoms with E-state index in [0.717, 1.165) is 0 Å². The molecule has 2 aromatic rings. The fraction of sp³-hybridized carbons (Fsp3) is 0.294. The Hall–Kier alpha value is -1.80. The van der Waals surface area contributed by atoms with Crippen molar-refractivity contribution in [2.45, 2.75) is 32.9 Å². The van der Waals surface area contributed by atoms with E-state index < -0.39 is 0 Å². The van der Waals surface area contributed by atoms with Crippen molar-refractivity contribution >= 4 is 0 Å². The molecule has 0 saturated carbocycles. The maximum atomic E-state index is 9.31. The fourth-order valence-electron chi connectivity index (χ4n) is 2.40. The molecule has 1 unspecified atom stereocenters. The lowest BCUT2D eigenvalue weighted by molar-refractivity contribution is 0.472. The van der Waals surface area contributed by atoms with Gasteiger partial charge in [0.2, 0.25) is 0 Å². The van der Waals surface area contributed by atoms with Crippen LogP contribution in [0.4, 0.5) is 0 Å². The SMILES string of the molecule is Cc1ccccc1[C@H](C)NC(C)c1ccc(O)cc1. The fourth-order valence-corrected chi connectivity index (χ4v) is 2.40. The molecule has 0 spiro atoms. The van der Waals surface area contributed by atoms with E-state index in [1.807, 2.05) is 12.1 Å². The first kappa shape index (κ1) is 13.6. The van der Waals surface area contributed by atoms with E-state index in [0.29, 0.717) is 11.8 Å². The number of phenols is 1. The molecule has 0 amide bonds. The van der Waals surface area contributed by atoms with Crippen LogP contribution >= 0.6 is 0 Å². The largest absolute Gasteiger partial charge is 0.508 e. The first-order valence-corrected chi connectivity index (χ1v) is 6.68. The van der Waals surface area contributed by atoms with Crippen LogP contribution in [-0.2, 0) is 0 Å². The highest BCUT2D eigenvalue weighted by atomic mass is 16.3. The van der Waals surface area contributed by atoms with Crippen LogP contribution in [-0.4, -0.2) is 5.11 Å². The smallest absolute Gasteiger partial charge is 0.115 e. The summed E-state index contributed by atoms with van der Waals surface area (Å²) in [7, 11) is 0. The van der Waals surface area contributed by atoms with E-state index in [-0.39, 0.29) is 6.04 Å². The summed E-state index contributed by atoms with van der Waals surface area (Å²) in [6.45, 7) is 6.46. The molecule has 2 nitrogen and oxygen atoms in total. The molecule has 0 aliphatic carbocycles. The molecule has 0 aromatic heterocycles. The van der Waals surface area contributed by atoms with Gasteiger partial charge in [-0.25, -0.2) is 0 Å².